The standard InChI is InChI=1S/C19H23ClN4/c1-21-18(23-13-15-8-9-17(20)22-12-15)24-14-19(10-5-11-19)16-6-3-2-4-7-16/h2-4,6-9,12H,5,10-11,13-14H2,1H3,(H2,21,23,24). The van der Waals surface area contributed by atoms with E-state index in [1.54, 1.807) is 19.3 Å². The third kappa shape index (κ3) is 3.88. The number of pyridine rings is 1. The van der Waals surface area contributed by atoms with Gasteiger partial charge in [0.05, 0.1) is 0 Å². The summed E-state index contributed by atoms with van der Waals surface area (Å²) in [4.78, 5) is 8.42. The number of nitrogens with zero attached hydrogens (tertiary/aromatic N) is 2. The number of aromatic nitrogens is 1. The molecule has 1 saturated carbocycles. The zero-order valence-corrected chi connectivity index (χ0v) is 14.7. The van der Waals surface area contributed by atoms with Gasteiger partial charge in [-0.25, -0.2) is 4.98 Å². The summed E-state index contributed by atoms with van der Waals surface area (Å²) in [6, 6.07) is 14.5. The fraction of sp³-hybridized carbons (Fsp3) is 0.368. The van der Waals surface area contributed by atoms with Gasteiger partial charge in [0, 0.05) is 31.7 Å². The molecular formula is C19H23ClN4. The molecule has 0 amide bonds. The van der Waals surface area contributed by atoms with Crippen molar-refractivity contribution in [1.82, 2.24) is 15.6 Å². The van der Waals surface area contributed by atoms with Crippen LogP contribution in [-0.2, 0) is 12.0 Å². The van der Waals surface area contributed by atoms with Crippen LogP contribution in [0, 0.1) is 0 Å². The Kier molecular flexibility index (Phi) is 5.36. The number of hydrogen-bond donors (Lipinski definition) is 2. The molecule has 0 aliphatic heterocycles. The number of rotatable bonds is 5. The molecular weight excluding hydrogens is 320 g/mol. The topological polar surface area (TPSA) is 49.3 Å². The number of halogens is 1. The van der Waals surface area contributed by atoms with Crippen molar-refractivity contribution >= 4 is 17.6 Å². The zero-order chi connectivity index (χ0) is 16.8. The van der Waals surface area contributed by atoms with Crippen LogP contribution in [0.15, 0.2) is 53.7 Å². The number of aliphatic imine (C=N–C) groups is 1. The summed E-state index contributed by atoms with van der Waals surface area (Å²) < 4.78 is 0. The van der Waals surface area contributed by atoms with Crippen molar-refractivity contribution in [2.24, 2.45) is 4.99 Å². The Morgan fingerprint density at radius 1 is 1.17 bits per heavy atom. The van der Waals surface area contributed by atoms with E-state index in [1.165, 1.54) is 24.8 Å². The molecule has 1 fully saturated rings. The average Bonchev–Trinajstić information content (AvgIpc) is 2.59. The first-order valence-electron chi connectivity index (χ1n) is 8.32. The van der Waals surface area contributed by atoms with Crippen molar-refractivity contribution in [2.75, 3.05) is 13.6 Å². The molecule has 0 radical (unpaired) electrons. The van der Waals surface area contributed by atoms with Crippen LogP contribution in [-0.4, -0.2) is 24.5 Å². The molecule has 24 heavy (non-hydrogen) atoms. The van der Waals surface area contributed by atoms with Crippen LogP contribution >= 0.6 is 11.6 Å². The van der Waals surface area contributed by atoms with Gasteiger partial charge in [0.1, 0.15) is 5.15 Å². The maximum atomic E-state index is 5.81. The van der Waals surface area contributed by atoms with Gasteiger partial charge in [-0.3, -0.25) is 4.99 Å². The van der Waals surface area contributed by atoms with E-state index in [0.717, 1.165) is 18.1 Å². The molecule has 1 aliphatic carbocycles. The van der Waals surface area contributed by atoms with Crippen molar-refractivity contribution in [3.63, 3.8) is 0 Å². The molecule has 3 rings (SSSR count). The highest BCUT2D eigenvalue weighted by Crippen LogP contribution is 2.43. The molecule has 2 aromatic rings. The van der Waals surface area contributed by atoms with Gasteiger partial charge in [-0.15, -0.1) is 0 Å². The maximum Gasteiger partial charge on any atom is 0.191 e. The van der Waals surface area contributed by atoms with Crippen LogP contribution in [0.2, 0.25) is 5.15 Å². The second kappa shape index (κ2) is 7.67. The highest BCUT2D eigenvalue weighted by atomic mass is 35.5. The number of benzene rings is 1. The molecule has 0 saturated heterocycles. The van der Waals surface area contributed by atoms with Gasteiger partial charge in [0.2, 0.25) is 0 Å². The summed E-state index contributed by atoms with van der Waals surface area (Å²) >= 11 is 5.81. The second-order valence-electron chi connectivity index (χ2n) is 6.27. The predicted octanol–water partition coefficient (Wildman–Crippen LogP) is 3.52. The summed E-state index contributed by atoms with van der Waals surface area (Å²) in [5, 5.41) is 7.33. The van der Waals surface area contributed by atoms with Crippen LogP contribution in [0.5, 0.6) is 0 Å². The van der Waals surface area contributed by atoms with E-state index < -0.39 is 0 Å². The van der Waals surface area contributed by atoms with Crippen LogP contribution in [0.1, 0.15) is 30.4 Å². The Bertz CT molecular complexity index is 678. The van der Waals surface area contributed by atoms with E-state index in [1.807, 2.05) is 6.07 Å². The van der Waals surface area contributed by atoms with E-state index in [-0.39, 0.29) is 5.41 Å². The molecule has 1 aromatic carbocycles. The monoisotopic (exact) mass is 342 g/mol. The van der Waals surface area contributed by atoms with Gasteiger partial charge in [-0.2, -0.15) is 0 Å². The molecule has 2 N–H and O–H groups in total. The molecule has 0 atom stereocenters. The van der Waals surface area contributed by atoms with Crippen LogP contribution in [0.3, 0.4) is 0 Å². The van der Waals surface area contributed by atoms with Crippen molar-refractivity contribution in [2.45, 2.75) is 31.2 Å². The quantitative estimate of drug-likeness (QED) is 0.496. The van der Waals surface area contributed by atoms with E-state index in [9.17, 15) is 0 Å². The molecule has 1 aliphatic rings. The first-order valence-corrected chi connectivity index (χ1v) is 8.70. The fourth-order valence-corrected chi connectivity index (χ4v) is 3.24. The van der Waals surface area contributed by atoms with Crippen LogP contribution in [0.25, 0.3) is 0 Å². The summed E-state index contributed by atoms with van der Waals surface area (Å²) in [7, 11) is 1.80. The molecule has 0 spiro atoms. The van der Waals surface area contributed by atoms with Crippen molar-refractivity contribution in [3.8, 4) is 0 Å². The fourth-order valence-electron chi connectivity index (χ4n) is 3.13. The number of guanidine groups is 1. The summed E-state index contributed by atoms with van der Waals surface area (Å²) in [6.45, 7) is 1.57. The van der Waals surface area contributed by atoms with Crippen molar-refractivity contribution in [1.29, 1.82) is 0 Å². The molecule has 4 nitrogen and oxygen atoms in total. The average molecular weight is 343 g/mol. The van der Waals surface area contributed by atoms with Gasteiger partial charge >= 0.3 is 0 Å². The lowest BCUT2D eigenvalue weighted by Gasteiger charge is -2.43. The third-order valence-electron chi connectivity index (χ3n) is 4.76. The third-order valence-corrected chi connectivity index (χ3v) is 4.99. The van der Waals surface area contributed by atoms with E-state index >= 15 is 0 Å². The molecule has 126 valence electrons. The number of nitrogens with one attached hydrogen (secondary N) is 2. The highest BCUT2D eigenvalue weighted by molar-refractivity contribution is 6.29. The zero-order valence-electron chi connectivity index (χ0n) is 13.9. The molecule has 1 heterocycles. The largest absolute Gasteiger partial charge is 0.356 e. The minimum absolute atomic E-state index is 0.237. The Hall–Kier alpha value is -2.07. The van der Waals surface area contributed by atoms with Gasteiger partial charge in [-0.1, -0.05) is 54.4 Å². The maximum absolute atomic E-state index is 5.81. The molecule has 0 unspecified atom stereocenters. The summed E-state index contributed by atoms with van der Waals surface area (Å²) in [5.74, 6) is 0.812. The van der Waals surface area contributed by atoms with Gasteiger partial charge in [0.15, 0.2) is 5.96 Å². The SMILES string of the molecule is CN=C(NCc1ccc(Cl)nc1)NCC1(c2ccccc2)CCC1. The Labute approximate surface area is 148 Å². The van der Waals surface area contributed by atoms with E-state index in [0.29, 0.717) is 11.7 Å². The highest BCUT2D eigenvalue weighted by Gasteiger charge is 2.38. The van der Waals surface area contributed by atoms with E-state index in [4.69, 9.17) is 11.6 Å². The second-order valence-corrected chi connectivity index (χ2v) is 6.66. The lowest BCUT2D eigenvalue weighted by Crippen LogP contribution is -2.48. The van der Waals surface area contributed by atoms with Gasteiger partial charge < -0.3 is 10.6 Å². The first-order chi connectivity index (χ1) is 11.7. The predicted molar refractivity (Wildman–Crippen MR) is 99.4 cm³/mol. The van der Waals surface area contributed by atoms with Crippen LogP contribution < -0.4 is 10.6 Å². The lowest BCUT2D eigenvalue weighted by atomic mass is 9.64. The molecule has 0 bridgehead atoms. The van der Waals surface area contributed by atoms with E-state index in [2.05, 4.69) is 50.9 Å². The van der Waals surface area contributed by atoms with Crippen molar-refractivity contribution in [3.05, 3.63) is 64.9 Å². The van der Waals surface area contributed by atoms with Crippen molar-refractivity contribution < 1.29 is 0 Å². The first kappa shape index (κ1) is 16.8. The smallest absolute Gasteiger partial charge is 0.191 e. The minimum Gasteiger partial charge on any atom is -0.356 e. The Morgan fingerprint density at radius 2 is 1.96 bits per heavy atom. The normalized spacial score (nSPS) is 16.3. The van der Waals surface area contributed by atoms with Crippen LogP contribution in [0.4, 0.5) is 0 Å². The Morgan fingerprint density at radius 3 is 2.54 bits per heavy atom. The minimum atomic E-state index is 0.237. The summed E-state index contributed by atoms with van der Waals surface area (Å²) in [5.41, 5.74) is 2.73. The lowest BCUT2D eigenvalue weighted by molar-refractivity contribution is 0.244. The number of hydrogen-bond acceptors (Lipinski definition) is 2. The molecule has 1 aromatic heterocycles. The van der Waals surface area contributed by atoms with Gasteiger partial charge in [0.25, 0.3) is 0 Å². The Balaban J connectivity index is 1.56. The molecule has 5 heteroatoms. The summed E-state index contributed by atoms with van der Waals surface area (Å²) in [6.07, 6.45) is 5.52. The van der Waals surface area contributed by atoms with Gasteiger partial charge in [-0.05, 0) is 30.0 Å².